The minimum atomic E-state index is -4.40. The summed E-state index contributed by atoms with van der Waals surface area (Å²) in [4.78, 5) is 18.3. The second-order valence-electron chi connectivity index (χ2n) is 9.82. The molecule has 1 aromatic carbocycles. The van der Waals surface area contributed by atoms with Crippen molar-refractivity contribution in [2.45, 2.75) is 44.2 Å². The van der Waals surface area contributed by atoms with E-state index in [1.165, 1.54) is 23.5 Å². The predicted molar refractivity (Wildman–Crippen MR) is 136 cm³/mol. The Bertz CT molecular complexity index is 1430. The average molecular weight is 530 g/mol. The first-order valence-electron chi connectivity index (χ1n) is 12.1. The van der Waals surface area contributed by atoms with Gasteiger partial charge < -0.3 is 14.5 Å². The lowest BCUT2D eigenvalue weighted by atomic mass is 10.1. The van der Waals surface area contributed by atoms with E-state index in [-0.39, 0.29) is 12.2 Å². The maximum atomic E-state index is 13.2. The number of nitrogens with zero attached hydrogens (tertiary/aromatic N) is 7. The van der Waals surface area contributed by atoms with E-state index in [0.29, 0.717) is 42.0 Å². The van der Waals surface area contributed by atoms with Crippen molar-refractivity contribution in [3.63, 3.8) is 0 Å². The van der Waals surface area contributed by atoms with Crippen LogP contribution in [0.5, 0.6) is 0 Å². The van der Waals surface area contributed by atoms with E-state index in [2.05, 4.69) is 21.2 Å². The van der Waals surface area contributed by atoms with Crippen molar-refractivity contribution in [3.05, 3.63) is 47.8 Å². The van der Waals surface area contributed by atoms with E-state index in [9.17, 15) is 13.2 Å². The molecule has 2 atom stereocenters. The highest BCUT2D eigenvalue weighted by atomic mass is 32.1. The minimum absolute atomic E-state index is 0.0791. The smallest absolute Gasteiger partial charge is 0.367 e. The largest absolute Gasteiger partial charge is 0.416 e. The lowest BCUT2D eigenvalue weighted by molar-refractivity contribution is -0.137. The van der Waals surface area contributed by atoms with Crippen LogP contribution in [0.3, 0.4) is 0 Å². The Morgan fingerprint density at radius 1 is 1.05 bits per heavy atom. The number of ether oxygens (including phenoxy) is 1. The van der Waals surface area contributed by atoms with Crippen LogP contribution in [0.25, 0.3) is 21.6 Å². The fourth-order valence-electron chi connectivity index (χ4n) is 4.50. The second kappa shape index (κ2) is 8.95. The topological polar surface area (TPSA) is 72.2 Å². The molecule has 8 nitrogen and oxygen atoms in total. The molecule has 3 aromatic heterocycles. The monoisotopic (exact) mass is 529 g/mol. The third kappa shape index (κ3) is 4.75. The lowest BCUT2D eigenvalue weighted by Gasteiger charge is -2.36. The average Bonchev–Trinajstić information content (AvgIpc) is 3.42. The zero-order valence-corrected chi connectivity index (χ0v) is 21.4. The summed E-state index contributed by atoms with van der Waals surface area (Å²) in [5.74, 6) is 0.479. The van der Waals surface area contributed by atoms with Gasteiger partial charge >= 0.3 is 6.18 Å². The predicted octanol–water partition coefficient (Wildman–Crippen LogP) is 5.34. The van der Waals surface area contributed by atoms with Gasteiger partial charge in [0.1, 0.15) is 10.8 Å². The van der Waals surface area contributed by atoms with Crippen LogP contribution in [-0.4, -0.2) is 58.0 Å². The summed E-state index contributed by atoms with van der Waals surface area (Å²) in [7, 11) is 3.78. The van der Waals surface area contributed by atoms with Gasteiger partial charge in [0.15, 0.2) is 10.8 Å². The van der Waals surface area contributed by atoms with E-state index >= 15 is 0 Å². The number of hydrogen-bond donors (Lipinski definition) is 0. The molecule has 0 amide bonds. The van der Waals surface area contributed by atoms with Crippen LogP contribution in [0.4, 0.5) is 24.3 Å². The molecule has 1 saturated heterocycles. The van der Waals surface area contributed by atoms with Gasteiger partial charge in [-0.3, -0.25) is 4.68 Å². The molecule has 0 bridgehead atoms. The van der Waals surface area contributed by atoms with E-state index in [1.807, 2.05) is 36.8 Å². The molecule has 12 heteroatoms. The highest BCUT2D eigenvalue weighted by molar-refractivity contribution is 7.22. The summed E-state index contributed by atoms with van der Waals surface area (Å²) in [6.07, 6.45) is 1.54. The number of halogens is 3. The fourth-order valence-corrected chi connectivity index (χ4v) is 5.44. The number of anilines is 2. The number of hydrogen-bond acceptors (Lipinski definition) is 8. The second-order valence-corrected chi connectivity index (χ2v) is 10.8. The highest BCUT2D eigenvalue weighted by Gasteiger charge is 2.33. The molecular weight excluding hydrogens is 503 g/mol. The van der Waals surface area contributed by atoms with Crippen molar-refractivity contribution in [1.82, 2.24) is 24.7 Å². The molecule has 1 aliphatic heterocycles. The van der Waals surface area contributed by atoms with Gasteiger partial charge in [0, 0.05) is 38.0 Å². The number of benzene rings is 1. The molecule has 1 aliphatic carbocycles. The Morgan fingerprint density at radius 2 is 1.81 bits per heavy atom. The molecule has 1 saturated carbocycles. The SMILES string of the molecule is C[C@@H]1CN(c2nc(-c3ccc(C(F)(F)F)cc3)c3sc(N(C)C)nc3n2)C[C@H](c2cnn(C3CC3)c2)O1. The Hall–Kier alpha value is -3.25. The Kier molecular flexibility index (Phi) is 5.83. The summed E-state index contributed by atoms with van der Waals surface area (Å²) < 4.78 is 48.5. The van der Waals surface area contributed by atoms with Crippen molar-refractivity contribution >= 4 is 32.8 Å². The van der Waals surface area contributed by atoms with Crippen molar-refractivity contribution in [3.8, 4) is 11.3 Å². The lowest BCUT2D eigenvalue weighted by Crippen LogP contribution is -2.43. The summed E-state index contributed by atoms with van der Waals surface area (Å²) in [6.45, 7) is 3.12. The molecule has 0 spiro atoms. The molecule has 2 fully saturated rings. The van der Waals surface area contributed by atoms with Crippen molar-refractivity contribution < 1.29 is 17.9 Å². The molecule has 194 valence electrons. The van der Waals surface area contributed by atoms with Gasteiger partial charge in [-0.15, -0.1) is 0 Å². The molecule has 4 heterocycles. The number of rotatable bonds is 5. The highest BCUT2D eigenvalue weighted by Crippen LogP contribution is 2.39. The molecule has 4 aromatic rings. The number of thiazole rings is 1. The summed E-state index contributed by atoms with van der Waals surface area (Å²) >= 11 is 1.41. The normalized spacial score (nSPS) is 20.5. The van der Waals surface area contributed by atoms with E-state index < -0.39 is 11.7 Å². The minimum Gasteiger partial charge on any atom is -0.367 e. The Labute approximate surface area is 215 Å². The van der Waals surface area contributed by atoms with Gasteiger partial charge in [0.05, 0.1) is 36.1 Å². The first-order valence-corrected chi connectivity index (χ1v) is 13.0. The first kappa shape index (κ1) is 24.1. The Morgan fingerprint density at radius 3 is 2.49 bits per heavy atom. The zero-order valence-electron chi connectivity index (χ0n) is 20.6. The third-order valence-electron chi connectivity index (χ3n) is 6.56. The molecule has 0 radical (unpaired) electrons. The third-order valence-corrected chi connectivity index (χ3v) is 7.78. The van der Waals surface area contributed by atoms with Crippen molar-refractivity contribution in [1.29, 1.82) is 0 Å². The molecular formula is C25H26F3N7OS. The van der Waals surface area contributed by atoms with Crippen molar-refractivity contribution in [2.75, 3.05) is 37.0 Å². The first-order chi connectivity index (χ1) is 17.7. The Balaban J connectivity index is 1.39. The molecule has 0 unspecified atom stereocenters. The van der Waals surface area contributed by atoms with E-state index in [4.69, 9.17) is 14.7 Å². The van der Waals surface area contributed by atoms with Crippen LogP contribution in [0.2, 0.25) is 0 Å². The molecule has 0 N–H and O–H groups in total. The van der Waals surface area contributed by atoms with Crippen LogP contribution >= 0.6 is 11.3 Å². The number of alkyl halides is 3. The van der Waals surface area contributed by atoms with E-state index in [1.54, 1.807) is 0 Å². The van der Waals surface area contributed by atoms with Gasteiger partial charge in [-0.05, 0) is 31.9 Å². The van der Waals surface area contributed by atoms with E-state index in [0.717, 1.165) is 40.4 Å². The fraction of sp³-hybridized carbons (Fsp3) is 0.440. The van der Waals surface area contributed by atoms with Crippen LogP contribution in [0, 0.1) is 0 Å². The summed E-state index contributed by atoms with van der Waals surface area (Å²) in [6, 6.07) is 5.57. The number of aromatic nitrogens is 5. The van der Waals surface area contributed by atoms with Gasteiger partial charge in [-0.2, -0.15) is 28.2 Å². The van der Waals surface area contributed by atoms with Gasteiger partial charge in [0.25, 0.3) is 0 Å². The van der Waals surface area contributed by atoms with Gasteiger partial charge in [-0.25, -0.2) is 4.98 Å². The van der Waals surface area contributed by atoms with Crippen molar-refractivity contribution in [2.24, 2.45) is 0 Å². The molecule has 37 heavy (non-hydrogen) atoms. The van der Waals surface area contributed by atoms with Gasteiger partial charge in [-0.1, -0.05) is 23.5 Å². The molecule has 2 aliphatic rings. The van der Waals surface area contributed by atoms with Gasteiger partial charge in [0.2, 0.25) is 5.95 Å². The number of fused-ring (bicyclic) bond motifs is 1. The summed E-state index contributed by atoms with van der Waals surface area (Å²) in [5.41, 5.74) is 1.98. The number of morpholine rings is 1. The molecule has 6 rings (SSSR count). The maximum absolute atomic E-state index is 13.2. The van der Waals surface area contributed by atoms with Crippen LogP contribution in [0.1, 0.15) is 43.0 Å². The standard InChI is InChI=1S/C25H26F3N7OS/c1-14-11-34(13-19(36-14)16-10-29-35(12-16)18-8-9-18)23-30-20(15-4-6-17(7-5-15)25(26,27)28)21-22(31-23)32-24(37-21)33(2)3/h4-7,10,12,14,18-19H,8-9,11,13H2,1-3H3/t14-,19-/m1/s1. The zero-order chi connectivity index (χ0) is 25.9. The van der Waals surface area contributed by atoms with Crippen LogP contribution in [-0.2, 0) is 10.9 Å². The maximum Gasteiger partial charge on any atom is 0.416 e. The van der Waals surface area contributed by atoms with Crippen LogP contribution in [0.15, 0.2) is 36.7 Å². The van der Waals surface area contributed by atoms with Crippen LogP contribution < -0.4 is 9.80 Å². The summed E-state index contributed by atoms with van der Waals surface area (Å²) in [5, 5.41) is 5.25. The quantitative estimate of drug-likeness (QED) is 0.346.